The van der Waals surface area contributed by atoms with Crippen LogP contribution in [0.4, 0.5) is 4.39 Å². The average molecular weight is 266 g/mol. The van der Waals surface area contributed by atoms with Crippen LogP contribution in [0, 0.1) is 0 Å². The van der Waals surface area contributed by atoms with E-state index in [4.69, 9.17) is 0 Å². The molecule has 2 aliphatic heterocycles. The van der Waals surface area contributed by atoms with Crippen LogP contribution >= 0.6 is 15.9 Å². The first-order valence-corrected chi connectivity index (χ1v) is 6.19. The molecule has 0 aliphatic carbocycles. The summed E-state index contributed by atoms with van der Waals surface area (Å²) in [6, 6.07) is 0. The van der Waals surface area contributed by atoms with Crippen molar-refractivity contribution in [2.45, 2.75) is 30.1 Å². The van der Waals surface area contributed by atoms with Gasteiger partial charge in [0.05, 0.1) is 11.5 Å². The summed E-state index contributed by atoms with van der Waals surface area (Å²) in [4.78, 5) is 2.07. The molecule has 2 atom stereocenters. The molecule has 0 bridgehead atoms. The highest BCUT2D eigenvalue weighted by Crippen LogP contribution is 2.29. The zero-order valence-electron chi connectivity index (χ0n) is 8.23. The quantitative estimate of drug-likeness (QED) is 0.548. The summed E-state index contributed by atoms with van der Waals surface area (Å²) in [5.74, 6) is -1.35. The van der Waals surface area contributed by atoms with Gasteiger partial charge in [-0.15, -0.1) is 0 Å². The molecule has 0 aromatic heterocycles. The summed E-state index contributed by atoms with van der Waals surface area (Å²) in [5, 5.41) is 6.06. The Morgan fingerprint density at radius 3 is 2.86 bits per heavy atom. The molecule has 2 aliphatic rings. The summed E-state index contributed by atoms with van der Waals surface area (Å²) in [7, 11) is 0. The van der Waals surface area contributed by atoms with E-state index in [9.17, 15) is 4.39 Å². The number of hydrogen-bond acceptors (Lipinski definition) is 3. The van der Waals surface area contributed by atoms with E-state index in [2.05, 4.69) is 26.6 Å². The van der Waals surface area contributed by atoms with E-state index in [1.54, 1.807) is 0 Å². The first-order chi connectivity index (χ1) is 6.72. The molecule has 2 heterocycles. The van der Waals surface area contributed by atoms with Crippen LogP contribution in [0.15, 0.2) is 0 Å². The molecule has 14 heavy (non-hydrogen) atoms. The molecule has 0 amide bonds. The molecule has 0 saturated carbocycles. The zero-order valence-corrected chi connectivity index (χ0v) is 9.82. The Morgan fingerprint density at radius 2 is 2.21 bits per heavy atom. The summed E-state index contributed by atoms with van der Waals surface area (Å²) in [6.45, 7) is 2.77. The highest BCUT2D eigenvalue weighted by Gasteiger charge is 2.41. The van der Waals surface area contributed by atoms with Crippen molar-refractivity contribution in [3.63, 3.8) is 0 Å². The molecule has 2 N–H and O–H groups in total. The van der Waals surface area contributed by atoms with Gasteiger partial charge >= 0.3 is 0 Å². The van der Waals surface area contributed by atoms with E-state index < -0.39 is 5.92 Å². The van der Waals surface area contributed by atoms with Crippen molar-refractivity contribution >= 4 is 15.9 Å². The van der Waals surface area contributed by atoms with Crippen molar-refractivity contribution in [1.29, 1.82) is 0 Å². The topological polar surface area (TPSA) is 27.3 Å². The summed E-state index contributed by atoms with van der Waals surface area (Å²) < 4.78 is 14.4. The lowest BCUT2D eigenvalue weighted by Crippen LogP contribution is -2.67. The molecular formula is C9H17BrFN3. The Balaban J connectivity index is 2.02. The number of piperazine rings is 1. The number of nitrogens with zero attached hydrogens (tertiary/aromatic N) is 1. The van der Waals surface area contributed by atoms with Gasteiger partial charge in [0, 0.05) is 19.6 Å². The summed E-state index contributed by atoms with van der Waals surface area (Å²) in [6.07, 6.45) is 3.32. The highest BCUT2D eigenvalue weighted by atomic mass is 79.9. The first kappa shape index (κ1) is 10.8. The number of halogens is 2. The lowest BCUT2D eigenvalue weighted by molar-refractivity contribution is -0.0873. The SMILES string of the molecule is FC1(N2CCCCC2Br)CNCCN1. The predicted octanol–water partition coefficient (Wildman–Crippen LogP) is 1.01. The minimum Gasteiger partial charge on any atom is -0.310 e. The van der Waals surface area contributed by atoms with Gasteiger partial charge in [-0.2, -0.15) is 0 Å². The van der Waals surface area contributed by atoms with Gasteiger partial charge < -0.3 is 5.32 Å². The molecule has 0 radical (unpaired) electrons. The number of hydrogen-bond donors (Lipinski definition) is 2. The average Bonchev–Trinajstić information content (AvgIpc) is 2.19. The first-order valence-electron chi connectivity index (χ1n) is 5.28. The van der Waals surface area contributed by atoms with Crippen molar-refractivity contribution in [2.24, 2.45) is 0 Å². The van der Waals surface area contributed by atoms with Crippen LogP contribution in [0.1, 0.15) is 19.3 Å². The van der Waals surface area contributed by atoms with Gasteiger partial charge in [-0.1, -0.05) is 15.9 Å². The number of rotatable bonds is 1. The van der Waals surface area contributed by atoms with Gasteiger partial charge in [0.25, 0.3) is 0 Å². The van der Waals surface area contributed by atoms with Crippen LogP contribution < -0.4 is 10.6 Å². The predicted molar refractivity (Wildman–Crippen MR) is 58.0 cm³/mol. The maximum atomic E-state index is 14.4. The Hall–Kier alpha value is 0.290. The highest BCUT2D eigenvalue weighted by molar-refractivity contribution is 9.09. The zero-order chi connectivity index (χ0) is 10.0. The fourth-order valence-corrected chi connectivity index (χ4v) is 3.01. The second-order valence-corrected chi connectivity index (χ2v) is 5.04. The van der Waals surface area contributed by atoms with Crippen LogP contribution in [-0.4, -0.2) is 41.9 Å². The minimum atomic E-state index is -1.35. The van der Waals surface area contributed by atoms with Gasteiger partial charge in [0.1, 0.15) is 0 Å². The third-order valence-electron chi connectivity index (χ3n) is 2.94. The lowest BCUT2D eigenvalue weighted by Gasteiger charge is -2.45. The summed E-state index contributed by atoms with van der Waals surface area (Å²) >= 11 is 3.54. The van der Waals surface area contributed by atoms with Gasteiger partial charge in [-0.3, -0.25) is 5.32 Å². The number of nitrogens with one attached hydrogen (secondary N) is 2. The lowest BCUT2D eigenvalue weighted by atomic mass is 10.1. The van der Waals surface area contributed by atoms with Crippen molar-refractivity contribution < 1.29 is 4.39 Å². The fourth-order valence-electron chi connectivity index (χ4n) is 2.15. The van der Waals surface area contributed by atoms with E-state index >= 15 is 0 Å². The number of piperidine rings is 1. The largest absolute Gasteiger partial charge is 0.310 e. The van der Waals surface area contributed by atoms with E-state index in [1.165, 1.54) is 6.42 Å². The van der Waals surface area contributed by atoms with Crippen molar-refractivity contribution in [2.75, 3.05) is 26.2 Å². The molecule has 0 aromatic rings. The van der Waals surface area contributed by atoms with Crippen molar-refractivity contribution in [1.82, 2.24) is 15.5 Å². The van der Waals surface area contributed by atoms with Crippen LogP contribution in [0.3, 0.4) is 0 Å². The molecule has 5 heteroatoms. The molecule has 2 unspecified atom stereocenters. The van der Waals surface area contributed by atoms with E-state index in [0.29, 0.717) is 13.1 Å². The summed E-state index contributed by atoms with van der Waals surface area (Å²) in [5.41, 5.74) is 0. The third kappa shape index (κ3) is 2.10. The molecule has 2 saturated heterocycles. The molecule has 3 nitrogen and oxygen atoms in total. The second kappa shape index (κ2) is 4.43. The van der Waals surface area contributed by atoms with Crippen molar-refractivity contribution in [3.8, 4) is 0 Å². The van der Waals surface area contributed by atoms with Gasteiger partial charge in [-0.25, -0.2) is 9.29 Å². The Bertz CT molecular complexity index is 196. The second-order valence-electron chi connectivity index (χ2n) is 3.99. The molecule has 0 spiro atoms. The maximum Gasteiger partial charge on any atom is 0.231 e. The molecule has 82 valence electrons. The monoisotopic (exact) mass is 265 g/mol. The van der Waals surface area contributed by atoms with Crippen LogP contribution in [-0.2, 0) is 0 Å². The van der Waals surface area contributed by atoms with Crippen LogP contribution in [0.25, 0.3) is 0 Å². The fraction of sp³-hybridized carbons (Fsp3) is 1.00. The number of alkyl halides is 2. The molecule has 2 fully saturated rings. The molecular weight excluding hydrogens is 249 g/mol. The van der Waals surface area contributed by atoms with E-state index in [0.717, 1.165) is 25.9 Å². The van der Waals surface area contributed by atoms with Gasteiger partial charge in [-0.05, 0) is 19.3 Å². The smallest absolute Gasteiger partial charge is 0.231 e. The third-order valence-corrected chi connectivity index (χ3v) is 3.89. The number of likely N-dealkylation sites (tertiary alicyclic amines) is 1. The normalized spacial score (nSPS) is 41.1. The molecule has 0 aromatic carbocycles. The molecule has 2 rings (SSSR count). The standard InChI is InChI=1S/C9H17BrFN3/c10-8-3-1-2-6-14(8)9(11)7-12-4-5-13-9/h8,12-13H,1-7H2. The van der Waals surface area contributed by atoms with Crippen LogP contribution in [0.5, 0.6) is 0 Å². The Labute approximate surface area is 92.5 Å². The van der Waals surface area contributed by atoms with Gasteiger partial charge in [0.15, 0.2) is 0 Å². The van der Waals surface area contributed by atoms with E-state index in [1.807, 2.05) is 4.90 Å². The minimum absolute atomic E-state index is 0.175. The Morgan fingerprint density at radius 1 is 1.36 bits per heavy atom. The van der Waals surface area contributed by atoms with Gasteiger partial charge in [0.2, 0.25) is 5.92 Å². The Kier molecular flexibility index (Phi) is 3.42. The van der Waals surface area contributed by atoms with E-state index in [-0.39, 0.29) is 4.95 Å². The maximum absolute atomic E-state index is 14.4. The van der Waals surface area contributed by atoms with Crippen LogP contribution in [0.2, 0.25) is 0 Å². The van der Waals surface area contributed by atoms with Crippen molar-refractivity contribution in [3.05, 3.63) is 0 Å².